The predicted molar refractivity (Wildman–Crippen MR) is 110 cm³/mol. The first-order valence-electron chi connectivity index (χ1n) is 9.83. The van der Waals surface area contributed by atoms with Crippen LogP contribution in [0.15, 0.2) is 30.3 Å². The first-order chi connectivity index (χ1) is 14.6. The summed E-state index contributed by atoms with van der Waals surface area (Å²) in [6.45, 7) is 3.94. The van der Waals surface area contributed by atoms with Gasteiger partial charge in [-0.25, -0.2) is 0 Å². The van der Waals surface area contributed by atoms with Gasteiger partial charge in [0.15, 0.2) is 23.0 Å². The fraction of sp³-hybridized carbons (Fsp3) is 0.409. The van der Waals surface area contributed by atoms with Gasteiger partial charge in [0.2, 0.25) is 6.79 Å². The first kappa shape index (κ1) is 20.2. The number of methoxy groups -OCH3 is 3. The molecule has 2 aliphatic rings. The maximum absolute atomic E-state index is 13.1. The van der Waals surface area contributed by atoms with E-state index < -0.39 is 0 Å². The zero-order valence-electron chi connectivity index (χ0n) is 17.5. The summed E-state index contributed by atoms with van der Waals surface area (Å²) in [5, 5.41) is 0. The number of amides is 1. The molecule has 0 spiro atoms. The van der Waals surface area contributed by atoms with Crippen molar-refractivity contribution in [1.82, 2.24) is 9.80 Å². The quantitative estimate of drug-likeness (QED) is 0.719. The van der Waals surface area contributed by atoms with Gasteiger partial charge in [0.05, 0.1) is 26.9 Å². The summed E-state index contributed by atoms with van der Waals surface area (Å²) in [5.41, 5.74) is 1.64. The lowest BCUT2D eigenvalue weighted by Gasteiger charge is -2.35. The summed E-state index contributed by atoms with van der Waals surface area (Å²) >= 11 is 0. The molecule has 2 aliphatic heterocycles. The normalized spacial score (nSPS) is 15.8. The number of ether oxygens (including phenoxy) is 5. The number of hydrogen-bond acceptors (Lipinski definition) is 7. The van der Waals surface area contributed by atoms with Crippen LogP contribution in [0, 0.1) is 0 Å². The van der Waals surface area contributed by atoms with Gasteiger partial charge in [-0.3, -0.25) is 9.69 Å². The number of carbonyl (C=O) groups is 1. The molecule has 0 aromatic heterocycles. The molecule has 0 unspecified atom stereocenters. The first-order valence-corrected chi connectivity index (χ1v) is 9.83. The van der Waals surface area contributed by atoms with Crippen molar-refractivity contribution < 1.29 is 28.5 Å². The highest BCUT2D eigenvalue weighted by Gasteiger charge is 2.26. The van der Waals surface area contributed by atoms with E-state index >= 15 is 0 Å². The Kier molecular flexibility index (Phi) is 5.85. The van der Waals surface area contributed by atoms with Gasteiger partial charge < -0.3 is 28.6 Å². The Morgan fingerprint density at radius 1 is 0.867 bits per heavy atom. The number of nitrogens with zero attached hydrogens (tertiary/aromatic N) is 2. The number of hydrogen-bond donors (Lipinski definition) is 0. The van der Waals surface area contributed by atoms with Crippen molar-refractivity contribution in [1.29, 1.82) is 0 Å². The Labute approximate surface area is 175 Å². The SMILES string of the molecule is COc1cc(OC)c(C(=O)N2CCN(Cc3ccc4c(c3)OCO4)CC2)cc1OC. The molecule has 8 nitrogen and oxygen atoms in total. The van der Waals surface area contributed by atoms with E-state index in [1.54, 1.807) is 33.5 Å². The summed E-state index contributed by atoms with van der Waals surface area (Å²) in [6, 6.07) is 9.38. The van der Waals surface area contributed by atoms with Crippen LogP contribution in [0.4, 0.5) is 0 Å². The number of benzene rings is 2. The summed E-state index contributed by atoms with van der Waals surface area (Å²) in [4.78, 5) is 17.3. The molecule has 8 heteroatoms. The Hall–Kier alpha value is -3.13. The molecule has 0 radical (unpaired) electrons. The van der Waals surface area contributed by atoms with Gasteiger partial charge in [0, 0.05) is 44.9 Å². The Morgan fingerprint density at radius 2 is 1.53 bits per heavy atom. The van der Waals surface area contributed by atoms with Crippen molar-refractivity contribution in [2.75, 3.05) is 54.3 Å². The van der Waals surface area contributed by atoms with Crippen LogP contribution in [0.25, 0.3) is 0 Å². The molecule has 1 saturated heterocycles. The summed E-state index contributed by atoms with van der Waals surface area (Å²) in [7, 11) is 4.65. The van der Waals surface area contributed by atoms with Crippen molar-refractivity contribution in [3.63, 3.8) is 0 Å². The Bertz CT molecular complexity index is 924. The topological polar surface area (TPSA) is 69.7 Å². The molecule has 30 heavy (non-hydrogen) atoms. The number of piperazine rings is 1. The molecule has 2 aromatic rings. The van der Waals surface area contributed by atoms with Crippen molar-refractivity contribution >= 4 is 5.91 Å². The van der Waals surface area contributed by atoms with Crippen LogP contribution in [0.1, 0.15) is 15.9 Å². The van der Waals surface area contributed by atoms with Crippen molar-refractivity contribution in [3.8, 4) is 28.7 Å². The average molecular weight is 414 g/mol. The standard InChI is InChI=1S/C22H26N2O6/c1-26-18-12-20(28-3)19(27-2)11-16(18)22(25)24-8-6-23(7-9-24)13-15-4-5-17-21(10-15)30-14-29-17/h4-5,10-12H,6-9,13-14H2,1-3H3. The molecule has 160 valence electrons. The second-order valence-corrected chi connectivity index (χ2v) is 7.16. The van der Waals surface area contributed by atoms with E-state index in [0.29, 0.717) is 35.9 Å². The monoisotopic (exact) mass is 414 g/mol. The van der Waals surface area contributed by atoms with E-state index in [1.807, 2.05) is 17.0 Å². The third kappa shape index (κ3) is 3.95. The van der Waals surface area contributed by atoms with Crippen molar-refractivity contribution in [3.05, 3.63) is 41.5 Å². The smallest absolute Gasteiger partial charge is 0.257 e. The van der Waals surface area contributed by atoms with Gasteiger partial charge in [-0.05, 0) is 17.7 Å². The van der Waals surface area contributed by atoms with Crippen LogP contribution >= 0.6 is 0 Å². The maximum atomic E-state index is 13.1. The third-order valence-corrected chi connectivity index (χ3v) is 5.44. The van der Waals surface area contributed by atoms with E-state index in [-0.39, 0.29) is 12.7 Å². The van der Waals surface area contributed by atoms with Gasteiger partial charge in [-0.2, -0.15) is 0 Å². The largest absolute Gasteiger partial charge is 0.496 e. The average Bonchev–Trinajstić information content (AvgIpc) is 3.26. The van der Waals surface area contributed by atoms with E-state index in [4.69, 9.17) is 23.7 Å². The third-order valence-electron chi connectivity index (χ3n) is 5.44. The lowest BCUT2D eigenvalue weighted by Crippen LogP contribution is -2.48. The minimum Gasteiger partial charge on any atom is -0.496 e. The molecule has 2 aromatic carbocycles. The molecular weight excluding hydrogens is 388 g/mol. The second-order valence-electron chi connectivity index (χ2n) is 7.16. The van der Waals surface area contributed by atoms with Gasteiger partial charge in [0.1, 0.15) is 5.75 Å². The second kappa shape index (κ2) is 8.71. The number of carbonyl (C=O) groups excluding carboxylic acids is 1. The molecule has 1 amide bonds. The zero-order chi connectivity index (χ0) is 21.1. The van der Waals surface area contributed by atoms with Crippen LogP contribution in [-0.2, 0) is 6.54 Å². The van der Waals surface area contributed by atoms with Crippen LogP contribution in [-0.4, -0.2) is 70.0 Å². The lowest BCUT2D eigenvalue weighted by molar-refractivity contribution is 0.0625. The molecule has 0 atom stereocenters. The van der Waals surface area contributed by atoms with E-state index in [9.17, 15) is 4.79 Å². The minimum absolute atomic E-state index is 0.0736. The van der Waals surface area contributed by atoms with Crippen molar-refractivity contribution in [2.45, 2.75) is 6.54 Å². The highest BCUT2D eigenvalue weighted by Crippen LogP contribution is 2.35. The predicted octanol–water partition coefficient (Wildman–Crippen LogP) is 2.40. The Balaban J connectivity index is 1.41. The lowest BCUT2D eigenvalue weighted by atomic mass is 10.1. The fourth-order valence-corrected chi connectivity index (χ4v) is 3.77. The van der Waals surface area contributed by atoms with E-state index in [1.165, 1.54) is 5.56 Å². The summed E-state index contributed by atoms with van der Waals surface area (Å²) in [5.74, 6) is 3.01. The molecule has 0 N–H and O–H groups in total. The van der Waals surface area contributed by atoms with Crippen LogP contribution in [0.2, 0.25) is 0 Å². The fourth-order valence-electron chi connectivity index (χ4n) is 3.77. The Morgan fingerprint density at radius 3 is 2.23 bits per heavy atom. The zero-order valence-corrected chi connectivity index (χ0v) is 17.5. The molecule has 1 fully saturated rings. The summed E-state index contributed by atoms with van der Waals surface area (Å²) < 4.78 is 26.9. The van der Waals surface area contributed by atoms with Crippen LogP contribution in [0.5, 0.6) is 28.7 Å². The molecule has 0 aliphatic carbocycles. The van der Waals surface area contributed by atoms with E-state index in [2.05, 4.69) is 11.0 Å². The van der Waals surface area contributed by atoms with Gasteiger partial charge in [0.25, 0.3) is 5.91 Å². The molecule has 2 heterocycles. The maximum Gasteiger partial charge on any atom is 0.257 e. The molecule has 0 bridgehead atoms. The van der Waals surface area contributed by atoms with Gasteiger partial charge in [-0.15, -0.1) is 0 Å². The molecule has 4 rings (SSSR count). The highest BCUT2D eigenvalue weighted by molar-refractivity contribution is 5.98. The molecular formula is C22H26N2O6. The number of rotatable bonds is 6. The number of fused-ring (bicyclic) bond motifs is 1. The van der Waals surface area contributed by atoms with Gasteiger partial charge in [-0.1, -0.05) is 6.07 Å². The minimum atomic E-state index is -0.0736. The van der Waals surface area contributed by atoms with Gasteiger partial charge >= 0.3 is 0 Å². The summed E-state index contributed by atoms with van der Waals surface area (Å²) in [6.07, 6.45) is 0. The van der Waals surface area contributed by atoms with E-state index in [0.717, 1.165) is 31.1 Å². The molecule has 0 saturated carbocycles. The van der Waals surface area contributed by atoms with Crippen molar-refractivity contribution in [2.24, 2.45) is 0 Å². The van der Waals surface area contributed by atoms with Crippen LogP contribution in [0.3, 0.4) is 0 Å². The van der Waals surface area contributed by atoms with Crippen LogP contribution < -0.4 is 23.7 Å². The highest BCUT2D eigenvalue weighted by atomic mass is 16.7.